The number of carbonyl (C=O) groups excluding carboxylic acids is 1. The molecular weight excluding hydrogens is 327 g/mol. The van der Waals surface area contributed by atoms with Crippen molar-refractivity contribution in [1.29, 1.82) is 0 Å². The van der Waals surface area contributed by atoms with Gasteiger partial charge in [-0.05, 0) is 32.1 Å². The molecule has 0 aromatic carbocycles. The van der Waals surface area contributed by atoms with Crippen LogP contribution in [0.15, 0.2) is 6.20 Å². The van der Waals surface area contributed by atoms with E-state index in [4.69, 9.17) is 16.2 Å². The van der Waals surface area contributed by atoms with Crippen LogP contribution in [0.1, 0.15) is 32.1 Å². The summed E-state index contributed by atoms with van der Waals surface area (Å²) in [5.41, 5.74) is 11.8. The van der Waals surface area contributed by atoms with Gasteiger partial charge in [0.25, 0.3) is 0 Å². The summed E-state index contributed by atoms with van der Waals surface area (Å²) in [5.74, 6) is 0.594. The van der Waals surface area contributed by atoms with Gasteiger partial charge in [0, 0.05) is 18.6 Å². The first-order valence-electron chi connectivity index (χ1n) is 8.69. The molecule has 138 valence electrons. The minimum Gasteiger partial charge on any atom is -0.394 e. The summed E-state index contributed by atoms with van der Waals surface area (Å²) in [6.07, 6.45) is 4.16. The molecule has 1 aromatic rings. The predicted octanol–water partition coefficient (Wildman–Crippen LogP) is 1.05. The number of hydrogen-bond donors (Lipinski definition) is 4. The van der Waals surface area contributed by atoms with Crippen molar-refractivity contribution in [3.8, 4) is 0 Å². The highest BCUT2D eigenvalue weighted by atomic mass is 19.1. The topological polar surface area (TPSA) is 128 Å². The quantitative estimate of drug-likeness (QED) is 0.623. The van der Waals surface area contributed by atoms with Gasteiger partial charge in [0.2, 0.25) is 11.9 Å². The number of anilines is 3. The van der Waals surface area contributed by atoms with Crippen LogP contribution in [0.3, 0.4) is 0 Å². The van der Waals surface area contributed by atoms with Gasteiger partial charge in [0.05, 0.1) is 24.5 Å². The standard InChI is InChI=1S/C16H25FN6O2/c17-11-8-25-6-5-13(11)22-16-20-7-12(18)15(23-16)21-10-3-1-9(2-4-10)14(19)24/h7,9-11,13H,1-6,8,18H2,(H2,19,24)(H2,20,21,22,23)/t9-,10-,11-,13-/m0/s1. The van der Waals surface area contributed by atoms with Crippen LogP contribution in [0.2, 0.25) is 0 Å². The Labute approximate surface area is 145 Å². The number of rotatable bonds is 5. The van der Waals surface area contributed by atoms with E-state index in [1.165, 1.54) is 6.20 Å². The summed E-state index contributed by atoms with van der Waals surface area (Å²) in [4.78, 5) is 19.8. The predicted molar refractivity (Wildman–Crippen MR) is 92.8 cm³/mol. The molecule has 25 heavy (non-hydrogen) atoms. The lowest BCUT2D eigenvalue weighted by Crippen LogP contribution is -2.39. The highest BCUT2D eigenvalue weighted by Crippen LogP contribution is 2.28. The van der Waals surface area contributed by atoms with Crippen molar-refractivity contribution in [2.24, 2.45) is 11.7 Å². The summed E-state index contributed by atoms with van der Waals surface area (Å²) in [6, 6.07) is -0.186. The maximum absolute atomic E-state index is 13.9. The Kier molecular flexibility index (Phi) is 5.52. The molecule has 0 radical (unpaired) electrons. The van der Waals surface area contributed by atoms with Crippen LogP contribution < -0.4 is 22.1 Å². The Morgan fingerprint density at radius 1 is 1.24 bits per heavy atom. The summed E-state index contributed by atoms with van der Waals surface area (Å²) >= 11 is 0. The molecule has 2 aliphatic rings. The van der Waals surface area contributed by atoms with Crippen molar-refractivity contribution in [3.63, 3.8) is 0 Å². The highest BCUT2D eigenvalue weighted by molar-refractivity contribution is 5.76. The summed E-state index contributed by atoms with van der Waals surface area (Å²) in [7, 11) is 0. The van der Waals surface area contributed by atoms with E-state index in [1.54, 1.807) is 0 Å². The van der Waals surface area contributed by atoms with E-state index in [0.717, 1.165) is 25.7 Å². The van der Waals surface area contributed by atoms with E-state index < -0.39 is 6.17 Å². The molecule has 1 saturated heterocycles. The SMILES string of the molecule is Nc1cnc(N[C@H]2CCOC[C@@H]2F)nc1N[C@H]1CC[C@H](C(N)=O)CC1. The van der Waals surface area contributed by atoms with Gasteiger partial charge in [-0.3, -0.25) is 4.79 Å². The van der Waals surface area contributed by atoms with Crippen molar-refractivity contribution in [2.45, 2.75) is 50.4 Å². The van der Waals surface area contributed by atoms with Crippen molar-refractivity contribution >= 4 is 23.4 Å². The zero-order valence-corrected chi connectivity index (χ0v) is 14.1. The number of aromatic nitrogens is 2. The van der Waals surface area contributed by atoms with Gasteiger partial charge in [-0.25, -0.2) is 9.37 Å². The average Bonchev–Trinajstić information content (AvgIpc) is 2.60. The number of nitrogens with one attached hydrogen (secondary N) is 2. The van der Waals surface area contributed by atoms with Crippen molar-refractivity contribution in [1.82, 2.24) is 9.97 Å². The maximum atomic E-state index is 13.9. The number of alkyl halides is 1. The van der Waals surface area contributed by atoms with Crippen LogP contribution in [0.25, 0.3) is 0 Å². The maximum Gasteiger partial charge on any atom is 0.225 e. The summed E-state index contributed by atoms with van der Waals surface area (Å²) < 4.78 is 19.0. The van der Waals surface area contributed by atoms with Crippen LogP contribution in [0.5, 0.6) is 0 Å². The van der Waals surface area contributed by atoms with Crippen LogP contribution in [-0.4, -0.2) is 47.3 Å². The van der Waals surface area contributed by atoms with E-state index in [2.05, 4.69) is 20.6 Å². The third-order valence-corrected chi connectivity index (χ3v) is 4.89. The Balaban J connectivity index is 1.61. The first kappa shape index (κ1) is 17.7. The summed E-state index contributed by atoms with van der Waals surface area (Å²) in [5, 5.41) is 6.33. The lowest BCUT2D eigenvalue weighted by atomic mass is 9.85. The van der Waals surface area contributed by atoms with E-state index in [0.29, 0.717) is 30.5 Å². The Morgan fingerprint density at radius 2 is 2.00 bits per heavy atom. The molecule has 6 N–H and O–H groups in total. The number of halogens is 1. The fraction of sp³-hybridized carbons (Fsp3) is 0.688. The number of nitrogens with two attached hydrogens (primary N) is 2. The second kappa shape index (κ2) is 7.81. The first-order chi connectivity index (χ1) is 12.0. The Bertz CT molecular complexity index is 608. The molecule has 1 saturated carbocycles. The minimum atomic E-state index is -1.09. The molecule has 1 aliphatic heterocycles. The molecule has 0 bridgehead atoms. The number of carbonyl (C=O) groups is 1. The molecular formula is C16H25FN6O2. The van der Waals surface area contributed by atoms with Crippen LogP contribution in [0.4, 0.5) is 21.8 Å². The largest absolute Gasteiger partial charge is 0.394 e. The summed E-state index contributed by atoms with van der Waals surface area (Å²) in [6.45, 7) is 0.599. The second-order valence-electron chi connectivity index (χ2n) is 6.72. The van der Waals surface area contributed by atoms with E-state index in [-0.39, 0.29) is 30.5 Å². The lowest BCUT2D eigenvalue weighted by Gasteiger charge is -2.29. The van der Waals surface area contributed by atoms with Gasteiger partial charge in [0.15, 0.2) is 5.82 Å². The Morgan fingerprint density at radius 3 is 2.68 bits per heavy atom. The number of amides is 1. The minimum absolute atomic E-state index is 0.0481. The third kappa shape index (κ3) is 4.47. The van der Waals surface area contributed by atoms with Gasteiger partial charge in [-0.2, -0.15) is 4.98 Å². The van der Waals surface area contributed by atoms with Crippen molar-refractivity contribution < 1.29 is 13.9 Å². The number of nitrogens with zero attached hydrogens (tertiary/aromatic N) is 2. The monoisotopic (exact) mass is 352 g/mol. The number of primary amides is 1. The molecule has 8 nitrogen and oxygen atoms in total. The van der Waals surface area contributed by atoms with Gasteiger partial charge in [-0.1, -0.05) is 0 Å². The van der Waals surface area contributed by atoms with Gasteiger partial charge >= 0.3 is 0 Å². The van der Waals surface area contributed by atoms with Gasteiger partial charge < -0.3 is 26.8 Å². The fourth-order valence-corrected chi connectivity index (χ4v) is 3.32. The van der Waals surface area contributed by atoms with E-state index >= 15 is 0 Å². The number of nitrogen functional groups attached to an aromatic ring is 1. The Hall–Kier alpha value is -2.16. The van der Waals surface area contributed by atoms with Crippen molar-refractivity contribution in [2.75, 3.05) is 29.6 Å². The van der Waals surface area contributed by atoms with Crippen LogP contribution in [0, 0.1) is 5.92 Å². The second-order valence-corrected chi connectivity index (χ2v) is 6.72. The molecule has 2 atom stereocenters. The number of ether oxygens (including phenoxy) is 1. The van der Waals surface area contributed by atoms with Crippen molar-refractivity contribution in [3.05, 3.63) is 6.20 Å². The first-order valence-corrected chi connectivity index (χ1v) is 8.69. The van der Waals surface area contributed by atoms with Gasteiger partial charge in [0.1, 0.15) is 6.17 Å². The van der Waals surface area contributed by atoms with E-state index in [9.17, 15) is 9.18 Å². The molecule has 0 unspecified atom stereocenters. The molecule has 2 heterocycles. The fourth-order valence-electron chi connectivity index (χ4n) is 3.32. The average molecular weight is 352 g/mol. The molecule has 1 aliphatic carbocycles. The molecule has 1 aromatic heterocycles. The molecule has 3 rings (SSSR count). The molecule has 2 fully saturated rings. The smallest absolute Gasteiger partial charge is 0.225 e. The normalized spacial score (nSPS) is 29.8. The molecule has 0 spiro atoms. The zero-order chi connectivity index (χ0) is 17.8. The van der Waals surface area contributed by atoms with Crippen LogP contribution in [-0.2, 0) is 9.53 Å². The van der Waals surface area contributed by atoms with Gasteiger partial charge in [-0.15, -0.1) is 0 Å². The van der Waals surface area contributed by atoms with E-state index in [1.807, 2.05) is 0 Å². The highest BCUT2D eigenvalue weighted by Gasteiger charge is 2.27. The zero-order valence-electron chi connectivity index (χ0n) is 14.1. The number of hydrogen-bond acceptors (Lipinski definition) is 7. The molecule has 9 heteroatoms. The molecule has 1 amide bonds. The third-order valence-electron chi connectivity index (χ3n) is 4.89. The lowest BCUT2D eigenvalue weighted by molar-refractivity contribution is -0.122. The van der Waals surface area contributed by atoms with Crippen LogP contribution >= 0.6 is 0 Å².